The molecule has 0 unspecified atom stereocenters. The van der Waals surface area contributed by atoms with Gasteiger partial charge in [0.1, 0.15) is 6.26 Å². The van der Waals surface area contributed by atoms with Crippen LogP contribution in [0.15, 0.2) is 12.3 Å². The normalized spacial score (nSPS) is 22.7. The van der Waals surface area contributed by atoms with Gasteiger partial charge in [0, 0.05) is 13.1 Å². The highest BCUT2D eigenvalue weighted by atomic mass is 16.6. The second kappa shape index (κ2) is 13.8. The van der Waals surface area contributed by atoms with E-state index in [2.05, 4.69) is 31.8 Å². The van der Waals surface area contributed by atoms with Gasteiger partial charge in [-0.2, -0.15) is 5.48 Å². The van der Waals surface area contributed by atoms with Crippen LogP contribution in [0, 0.1) is 0 Å². The number of nitrogens with one attached hydrogen (secondary N) is 5. The van der Waals surface area contributed by atoms with Crippen molar-refractivity contribution < 1.29 is 4.84 Å². The summed E-state index contributed by atoms with van der Waals surface area (Å²) in [7, 11) is 0. The highest BCUT2D eigenvalue weighted by molar-refractivity contribution is 4.78. The molecule has 0 amide bonds. The largest absolute Gasteiger partial charge is 0.417 e. The molecule has 112 valence electrons. The Morgan fingerprint density at radius 2 is 1.26 bits per heavy atom. The highest BCUT2D eigenvalue weighted by Gasteiger charge is 1.93. The molecule has 5 N–H and O–H groups in total. The van der Waals surface area contributed by atoms with Gasteiger partial charge in [-0.3, -0.25) is 10.9 Å². The summed E-state index contributed by atoms with van der Waals surface area (Å²) < 4.78 is 0. The molecule has 0 saturated carbocycles. The van der Waals surface area contributed by atoms with Crippen LogP contribution < -0.4 is 27.0 Å². The maximum Gasteiger partial charge on any atom is 0.108 e. The van der Waals surface area contributed by atoms with Gasteiger partial charge in [0.15, 0.2) is 0 Å². The van der Waals surface area contributed by atoms with Gasteiger partial charge in [-0.1, -0.05) is 0 Å². The van der Waals surface area contributed by atoms with E-state index in [9.17, 15) is 0 Å². The van der Waals surface area contributed by atoms with E-state index in [1.165, 1.54) is 51.9 Å². The van der Waals surface area contributed by atoms with Crippen LogP contribution in [0.1, 0.15) is 25.7 Å². The van der Waals surface area contributed by atoms with Crippen molar-refractivity contribution in [2.45, 2.75) is 25.7 Å². The van der Waals surface area contributed by atoms with Crippen molar-refractivity contribution >= 4 is 0 Å². The van der Waals surface area contributed by atoms with Crippen LogP contribution in [0.25, 0.3) is 0 Å². The Morgan fingerprint density at radius 3 is 1.42 bits per heavy atom. The Hall–Kier alpha value is -0.660. The lowest BCUT2D eigenvalue weighted by Crippen LogP contribution is -2.29. The third-order valence-corrected chi connectivity index (χ3v) is 2.84. The van der Waals surface area contributed by atoms with Crippen molar-refractivity contribution in [3.05, 3.63) is 12.3 Å². The van der Waals surface area contributed by atoms with E-state index in [-0.39, 0.29) is 0 Å². The number of hydrazine groups is 1. The molecule has 6 nitrogen and oxygen atoms in total. The predicted octanol–water partition coefficient (Wildman–Crippen LogP) is -0.131. The summed E-state index contributed by atoms with van der Waals surface area (Å²) in [6, 6.07) is 0. The van der Waals surface area contributed by atoms with Crippen molar-refractivity contribution in [1.82, 2.24) is 27.0 Å². The zero-order valence-corrected chi connectivity index (χ0v) is 11.8. The Morgan fingerprint density at radius 1 is 0.684 bits per heavy atom. The smallest absolute Gasteiger partial charge is 0.108 e. The number of hydroxylamine groups is 1. The van der Waals surface area contributed by atoms with Crippen molar-refractivity contribution in [2.24, 2.45) is 0 Å². The Labute approximate surface area is 116 Å². The molecule has 4 heterocycles. The lowest BCUT2D eigenvalue weighted by molar-refractivity contribution is 0.168. The molecule has 6 heteroatoms. The van der Waals surface area contributed by atoms with Gasteiger partial charge in [-0.25, -0.2) is 0 Å². The van der Waals surface area contributed by atoms with Crippen LogP contribution in [0.4, 0.5) is 0 Å². The summed E-state index contributed by atoms with van der Waals surface area (Å²) in [5, 5.41) is 6.33. The first-order chi connectivity index (χ1) is 9.50. The SMILES string of the molecule is C1=CONC1.C1CCNC1.C1CNC1.C1CNNC1. The molecule has 4 aliphatic rings. The minimum absolute atomic E-state index is 0.847. The second-order valence-corrected chi connectivity index (χ2v) is 4.61. The van der Waals surface area contributed by atoms with Crippen LogP contribution >= 0.6 is 0 Å². The molecule has 0 atom stereocenters. The second-order valence-electron chi connectivity index (χ2n) is 4.61. The van der Waals surface area contributed by atoms with E-state index in [1.807, 2.05) is 6.08 Å². The first-order valence-corrected chi connectivity index (χ1v) is 7.41. The molecule has 0 aliphatic carbocycles. The summed E-state index contributed by atoms with van der Waals surface area (Å²) >= 11 is 0. The van der Waals surface area contributed by atoms with Crippen LogP contribution in [0.3, 0.4) is 0 Å². The topological polar surface area (TPSA) is 69.4 Å². The van der Waals surface area contributed by atoms with Crippen LogP contribution in [-0.4, -0.2) is 45.8 Å². The first kappa shape index (κ1) is 16.4. The molecule has 4 aliphatic heterocycles. The van der Waals surface area contributed by atoms with E-state index in [0.29, 0.717) is 0 Å². The average Bonchev–Trinajstić information content (AvgIpc) is 3.17. The Balaban J connectivity index is 0.000000127. The van der Waals surface area contributed by atoms with E-state index < -0.39 is 0 Å². The van der Waals surface area contributed by atoms with Gasteiger partial charge in [0.25, 0.3) is 0 Å². The fraction of sp³-hybridized carbons (Fsp3) is 0.846. The van der Waals surface area contributed by atoms with E-state index in [0.717, 1.165) is 19.6 Å². The van der Waals surface area contributed by atoms with Crippen molar-refractivity contribution in [3.8, 4) is 0 Å². The maximum absolute atomic E-state index is 4.51. The summed E-state index contributed by atoms with van der Waals surface area (Å²) in [5.41, 5.74) is 8.56. The van der Waals surface area contributed by atoms with Gasteiger partial charge >= 0.3 is 0 Å². The van der Waals surface area contributed by atoms with Crippen LogP contribution in [-0.2, 0) is 4.84 Å². The lowest BCUT2D eigenvalue weighted by Gasteiger charge is -2.09. The summed E-state index contributed by atoms with van der Waals surface area (Å²) in [6.45, 7) is 8.12. The summed E-state index contributed by atoms with van der Waals surface area (Å²) in [6.07, 6.45) is 8.97. The molecule has 0 aromatic heterocycles. The first-order valence-electron chi connectivity index (χ1n) is 7.41. The standard InChI is InChI=1S/C4H9N.C3H8N2.C3H5NO.C3H7N/c3*1-2-4-5-3-1;1-2-4-3-1/h5H,1-4H2;4-5H,1-3H2;1,3-4H,2H2;4H,1-3H2. The number of hydrogen-bond acceptors (Lipinski definition) is 6. The molecule has 3 fully saturated rings. The highest BCUT2D eigenvalue weighted by Crippen LogP contribution is 1.90. The third-order valence-electron chi connectivity index (χ3n) is 2.84. The number of rotatable bonds is 0. The van der Waals surface area contributed by atoms with Gasteiger partial charge in [0.2, 0.25) is 0 Å². The molecule has 0 spiro atoms. The zero-order chi connectivity index (χ0) is 13.4. The van der Waals surface area contributed by atoms with Gasteiger partial charge < -0.3 is 15.5 Å². The third kappa shape index (κ3) is 12.1. The minimum Gasteiger partial charge on any atom is -0.417 e. The average molecular weight is 271 g/mol. The molecule has 0 aromatic rings. The fourth-order valence-corrected chi connectivity index (χ4v) is 1.48. The van der Waals surface area contributed by atoms with Crippen LogP contribution in [0.5, 0.6) is 0 Å². The maximum atomic E-state index is 4.51. The van der Waals surface area contributed by atoms with Gasteiger partial charge in [0.05, 0.1) is 6.54 Å². The van der Waals surface area contributed by atoms with Gasteiger partial charge in [-0.05, 0) is 57.9 Å². The molecular weight excluding hydrogens is 242 g/mol. The molecule has 19 heavy (non-hydrogen) atoms. The lowest BCUT2D eigenvalue weighted by atomic mass is 10.3. The Bertz CT molecular complexity index is 166. The minimum atomic E-state index is 0.847. The van der Waals surface area contributed by atoms with Crippen molar-refractivity contribution in [3.63, 3.8) is 0 Å². The molecule has 0 bridgehead atoms. The van der Waals surface area contributed by atoms with E-state index >= 15 is 0 Å². The molecular formula is C13H29N5O. The van der Waals surface area contributed by atoms with Crippen molar-refractivity contribution in [1.29, 1.82) is 0 Å². The fourth-order valence-electron chi connectivity index (χ4n) is 1.48. The van der Waals surface area contributed by atoms with Gasteiger partial charge in [-0.15, -0.1) is 0 Å². The van der Waals surface area contributed by atoms with Crippen LogP contribution in [0.2, 0.25) is 0 Å². The van der Waals surface area contributed by atoms with E-state index in [4.69, 9.17) is 0 Å². The summed E-state index contributed by atoms with van der Waals surface area (Å²) in [4.78, 5) is 4.51. The quantitative estimate of drug-likeness (QED) is 0.423. The predicted molar refractivity (Wildman–Crippen MR) is 78.4 cm³/mol. The van der Waals surface area contributed by atoms with E-state index in [1.54, 1.807) is 6.26 Å². The molecule has 3 saturated heterocycles. The molecule has 0 aromatic carbocycles. The Kier molecular flexibility index (Phi) is 11.9. The monoisotopic (exact) mass is 271 g/mol. The molecule has 4 rings (SSSR count). The van der Waals surface area contributed by atoms with Crippen molar-refractivity contribution in [2.75, 3.05) is 45.8 Å². The summed E-state index contributed by atoms with van der Waals surface area (Å²) in [5.74, 6) is 0. The zero-order valence-electron chi connectivity index (χ0n) is 11.8. The molecule has 0 radical (unpaired) electrons. The number of hydrogen-bond donors (Lipinski definition) is 5.